The zero-order chi connectivity index (χ0) is 12.2. The summed E-state index contributed by atoms with van der Waals surface area (Å²) >= 11 is 1.93. The number of rotatable bonds is 3. The first-order chi connectivity index (χ1) is 8.92. The average Bonchev–Trinajstić information content (AvgIpc) is 2.46. The molecule has 0 unspecified atom stereocenters. The summed E-state index contributed by atoms with van der Waals surface area (Å²) < 4.78 is 0. The number of pyridine rings is 1. The number of aromatic nitrogens is 1. The van der Waals surface area contributed by atoms with Crippen molar-refractivity contribution in [1.29, 1.82) is 0 Å². The lowest BCUT2D eigenvalue weighted by atomic mass is 9.91. The lowest BCUT2D eigenvalue weighted by Gasteiger charge is -2.20. The summed E-state index contributed by atoms with van der Waals surface area (Å²) in [5, 5.41) is 2.42. The van der Waals surface area contributed by atoms with Crippen molar-refractivity contribution in [2.45, 2.75) is 37.1 Å². The van der Waals surface area contributed by atoms with Crippen LogP contribution in [0.15, 0.2) is 41.4 Å². The van der Waals surface area contributed by atoms with Gasteiger partial charge < -0.3 is 0 Å². The van der Waals surface area contributed by atoms with Gasteiger partial charge in [0.25, 0.3) is 0 Å². The molecule has 0 spiro atoms. The molecule has 3 rings (SSSR count). The molecule has 0 atom stereocenters. The molecule has 1 fully saturated rings. The molecule has 94 valence electrons. The van der Waals surface area contributed by atoms with Gasteiger partial charge in [-0.05, 0) is 30.9 Å². The van der Waals surface area contributed by atoms with Crippen LogP contribution in [0.25, 0.3) is 10.9 Å². The molecule has 0 amide bonds. The maximum absolute atomic E-state index is 4.72. The van der Waals surface area contributed by atoms with Crippen LogP contribution in [-0.4, -0.2) is 10.7 Å². The van der Waals surface area contributed by atoms with Crippen molar-refractivity contribution < 1.29 is 0 Å². The number of hydrogen-bond acceptors (Lipinski definition) is 2. The predicted molar refractivity (Wildman–Crippen MR) is 79.0 cm³/mol. The first kappa shape index (κ1) is 12.0. The molecule has 0 saturated heterocycles. The van der Waals surface area contributed by atoms with Gasteiger partial charge in [-0.15, -0.1) is 11.8 Å². The summed E-state index contributed by atoms with van der Waals surface area (Å²) in [6.07, 6.45) is 7.13. The molecule has 0 bridgehead atoms. The van der Waals surface area contributed by atoms with E-state index >= 15 is 0 Å². The van der Waals surface area contributed by atoms with E-state index in [1.807, 2.05) is 11.8 Å². The van der Waals surface area contributed by atoms with E-state index in [0.29, 0.717) is 0 Å². The van der Waals surface area contributed by atoms with Crippen LogP contribution in [-0.2, 0) is 0 Å². The van der Waals surface area contributed by atoms with Crippen molar-refractivity contribution in [2.24, 2.45) is 5.92 Å². The van der Waals surface area contributed by atoms with E-state index in [1.54, 1.807) is 0 Å². The van der Waals surface area contributed by atoms with Crippen molar-refractivity contribution in [1.82, 2.24) is 4.98 Å². The zero-order valence-corrected chi connectivity index (χ0v) is 11.5. The van der Waals surface area contributed by atoms with Crippen molar-refractivity contribution >= 4 is 22.7 Å². The van der Waals surface area contributed by atoms with Gasteiger partial charge in [0.05, 0.1) is 10.5 Å². The Hall–Kier alpha value is -1.02. The van der Waals surface area contributed by atoms with Gasteiger partial charge >= 0.3 is 0 Å². The van der Waals surface area contributed by atoms with E-state index in [2.05, 4.69) is 36.4 Å². The minimum atomic E-state index is 0.914. The van der Waals surface area contributed by atoms with Crippen molar-refractivity contribution in [3.8, 4) is 0 Å². The Morgan fingerprint density at radius 3 is 2.72 bits per heavy atom. The number of benzene rings is 1. The van der Waals surface area contributed by atoms with Gasteiger partial charge in [-0.2, -0.15) is 0 Å². The quantitative estimate of drug-likeness (QED) is 0.725. The van der Waals surface area contributed by atoms with E-state index in [1.165, 1.54) is 48.3 Å². The van der Waals surface area contributed by atoms with E-state index in [-0.39, 0.29) is 0 Å². The Morgan fingerprint density at radius 1 is 1.00 bits per heavy atom. The smallest absolute Gasteiger partial charge is 0.0967 e. The molecule has 1 aromatic heterocycles. The predicted octanol–water partition coefficient (Wildman–Crippen LogP) is 4.91. The fraction of sp³-hybridized carbons (Fsp3) is 0.438. The lowest BCUT2D eigenvalue weighted by Crippen LogP contribution is -2.08. The Kier molecular flexibility index (Phi) is 3.84. The second-order valence-corrected chi connectivity index (χ2v) is 6.20. The van der Waals surface area contributed by atoms with Gasteiger partial charge in [0.1, 0.15) is 0 Å². The first-order valence-corrected chi connectivity index (χ1v) is 7.89. The molecule has 0 aliphatic heterocycles. The fourth-order valence-electron chi connectivity index (χ4n) is 2.68. The van der Waals surface area contributed by atoms with Gasteiger partial charge in [0.2, 0.25) is 0 Å². The molecule has 18 heavy (non-hydrogen) atoms. The van der Waals surface area contributed by atoms with Gasteiger partial charge in [0, 0.05) is 11.1 Å². The maximum atomic E-state index is 4.72. The molecule has 1 aliphatic carbocycles. The molecule has 1 heterocycles. The molecular weight excluding hydrogens is 238 g/mol. The molecule has 1 saturated carbocycles. The maximum Gasteiger partial charge on any atom is 0.0967 e. The third-order valence-corrected chi connectivity index (χ3v) is 4.93. The van der Waals surface area contributed by atoms with E-state index < -0.39 is 0 Å². The van der Waals surface area contributed by atoms with E-state index in [4.69, 9.17) is 4.98 Å². The number of thioether (sulfide) groups is 1. The van der Waals surface area contributed by atoms with Crippen LogP contribution in [0.1, 0.15) is 32.1 Å². The second kappa shape index (κ2) is 5.75. The van der Waals surface area contributed by atoms with Crippen molar-refractivity contribution in [2.75, 3.05) is 5.75 Å². The fourth-order valence-corrected chi connectivity index (χ4v) is 3.75. The minimum Gasteiger partial charge on any atom is -0.241 e. The van der Waals surface area contributed by atoms with Crippen LogP contribution in [0.4, 0.5) is 0 Å². The number of hydrogen-bond donors (Lipinski definition) is 0. The molecule has 2 aromatic rings. The Labute approximate surface area is 113 Å². The molecule has 1 nitrogen and oxygen atoms in total. The summed E-state index contributed by atoms with van der Waals surface area (Å²) in [5.74, 6) is 2.16. The number of para-hydroxylation sites is 1. The molecule has 2 heteroatoms. The Balaban J connectivity index is 1.66. The van der Waals surface area contributed by atoms with Crippen LogP contribution < -0.4 is 0 Å². The first-order valence-electron chi connectivity index (χ1n) is 6.90. The molecular formula is C16H19NS. The summed E-state index contributed by atoms with van der Waals surface area (Å²) in [6.45, 7) is 0. The van der Waals surface area contributed by atoms with E-state index in [9.17, 15) is 0 Å². The van der Waals surface area contributed by atoms with Crippen LogP contribution in [0.5, 0.6) is 0 Å². The summed E-state index contributed by atoms with van der Waals surface area (Å²) in [6, 6.07) is 12.7. The molecule has 0 N–H and O–H groups in total. The highest BCUT2D eigenvalue weighted by Crippen LogP contribution is 2.29. The minimum absolute atomic E-state index is 0.914. The highest BCUT2D eigenvalue weighted by molar-refractivity contribution is 7.99. The third-order valence-electron chi connectivity index (χ3n) is 3.76. The number of fused-ring (bicyclic) bond motifs is 1. The molecule has 1 aromatic carbocycles. The van der Waals surface area contributed by atoms with Crippen molar-refractivity contribution in [3.05, 3.63) is 36.4 Å². The van der Waals surface area contributed by atoms with Gasteiger partial charge in [-0.3, -0.25) is 0 Å². The van der Waals surface area contributed by atoms with Crippen molar-refractivity contribution in [3.63, 3.8) is 0 Å². The van der Waals surface area contributed by atoms with Gasteiger partial charge in [0.15, 0.2) is 0 Å². The number of nitrogens with zero attached hydrogens (tertiary/aromatic N) is 1. The van der Waals surface area contributed by atoms with Crippen LogP contribution in [0, 0.1) is 5.92 Å². The van der Waals surface area contributed by atoms with Crippen LogP contribution in [0.2, 0.25) is 0 Å². The lowest BCUT2D eigenvalue weighted by molar-refractivity contribution is 0.391. The molecule has 0 radical (unpaired) electrons. The largest absolute Gasteiger partial charge is 0.241 e. The summed E-state index contributed by atoms with van der Waals surface area (Å²) in [5.41, 5.74) is 1.12. The normalized spacial score (nSPS) is 17.1. The third kappa shape index (κ3) is 2.86. The van der Waals surface area contributed by atoms with E-state index in [0.717, 1.165) is 11.4 Å². The highest BCUT2D eigenvalue weighted by Gasteiger charge is 2.13. The Morgan fingerprint density at radius 2 is 1.83 bits per heavy atom. The topological polar surface area (TPSA) is 12.9 Å². The highest BCUT2D eigenvalue weighted by atomic mass is 32.2. The Bertz CT molecular complexity index is 517. The standard InChI is InChI=1S/C16H19NS/c1-2-6-13(7-3-1)12-18-16-11-10-14-8-4-5-9-15(14)17-16/h4-5,8-11,13H,1-3,6-7,12H2. The average molecular weight is 257 g/mol. The summed E-state index contributed by atoms with van der Waals surface area (Å²) in [7, 11) is 0. The van der Waals surface area contributed by atoms with Gasteiger partial charge in [-0.25, -0.2) is 4.98 Å². The summed E-state index contributed by atoms with van der Waals surface area (Å²) in [4.78, 5) is 4.72. The SMILES string of the molecule is c1ccc2nc(SCC3CCCCC3)ccc2c1. The van der Waals surface area contributed by atoms with Crippen LogP contribution >= 0.6 is 11.8 Å². The van der Waals surface area contributed by atoms with Crippen LogP contribution in [0.3, 0.4) is 0 Å². The van der Waals surface area contributed by atoms with Gasteiger partial charge in [-0.1, -0.05) is 43.5 Å². The molecule has 1 aliphatic rings. The monoisotopic (exact) mass is 257 g/mol. The zero-order valence-electron chi connectivity index (χ0n) is 10.6. The second-order valence-electron chi connectivity index (χ2n) is 5.16.